The Labute approximate surface area is 197 Å². The van der Waals surface area contributed by atoms with Crippen LogP contribution in [0.3, 0.4) is 0 Å². The van der Waals surface area contributed by atoms with Gasteiger partial charge in [0.1, 0.15) is 11.1 Å². The van der Waals surface area contributed by atoms with E-state index in [0.29, 0.717) is 24.0 Å². The molecule has 0 aromatic rings. The smallest absolute Gasteiger partial charge is 0.326 e. The van der Waals surface area contributed by atoms with Crippen molar-refractivity contribution >= 4 is 23.7 Å². The first-order valence-electron chi connectivity index (χ1n) is 11.8. The van der Waals surface area contributed by atoms with Gasteiger partial charge in [-0.2, -0.15) is 0 Å². The van der Waals surface area contributed by atoms with Crippen molar-refractivity contribution in [2.24, 2.45) is 22.5 Å². The maximum atomic E-state index is 11.8. The Balaban J connectivity index is 0.000000191. The topological polar surface area (TPSA) is 122 Å². The third kappa shape index (κ3) is 6.99. The zero-order chi connectivity index (χ0) is 24.2. The third-order valence-electron chi connectivity index (χ3n) is 7.67. The average molecular weight is 474 g/mol. The summed E-state index contributed by atoms with van der Waals surface area (Å²) in [5, 5.41) is 17.2. The zero-order valence-electron chi connectivity index (χ0n) is 20.1. The van der Waals surface area contributed by atoms with Crippen LogP contribution in [0.2, 0.25) is 0 Å². The number of aliphatic carboxylic acids is 1. The summed E-state index contributed by atoms with van der Waals surface area (Å²) in [5.74, 6) is 1.36. The molecule has 8 heteroatoms. The van der Waals surface area contributed by atoms with Crippen molar-refractivity contribution in [1.29, 1.82) is 0 Å². The Morgan fingerprint density at radius 3 is 1.94 bits per heavy atom. The van der Waals surface area contributed by atoms with Crippen LogP contribution in [0.5, 0.6) is 0 Å². The van der Waals surface area contributed by atoms with E-state index >= 15 is 0 Å². The van der Waals surface area contributed by atoms with Crippen LogP contribution < -0.4 is 10.6 Å². The number of halogens is 1. The molecule has 0 unspecified atom stereocenters. The van der Waals surface area contributed by atoms with E-state index in [1.54, 1.807) is 19.8 Å². The normalized spacial score (nSPS) is 27.3. The van der Waals surface area contributed by atoms with Crippen LogP contribution in [-0.2, 0) is 14.3 Å². The summed E-state index contributed by atoms with van der Waals surface area (Å²) in [7, 11) is 0. The van der Waals surface area contributed by atoms with Gasteiger partial charge in [-0.25, -0.2) is 4.84 Å². The molecule has 0 radical (unpaired) electrons. The predicted molar refractivity (Wildman–Crippen MR) is 125 cm³/mol. The number of nitrogens with one attached hydrogen (secondary N) is 1. The van der Waals surface area contributed by atoms with Gasteiger partial charge in [-0.1, -0.05) is 0 Å². The van der Waals surface area contributed by atoms with E-state index in [4.69, 9.17) is 32.5 Å². The predicted octanol–water partition coefficient (Wildman–Crippen LogP) is 3.96. The summed E-state index contributed by atoms with van der Waals surface area (Å²) in [6, 6.07) is 0. The summed E-state index contributed by atoms with van der Waals surface area (Å²) in [6.07, 6.45) is 12.7. The lowest BCUT2D eigenvalue weighted by Gasteiger charge is -2.28. The van der Waals surface area contributed by atoms with Crippen molar-refractivity contribution in [3.8, 4) is 0 Å². The van der Waals surface area contributed by atoms with Crippen LogP contribution in [0.25, 0.3) is 0 Å². The molecule has 0 saturated heterocycles. The zero-order valence-corrected chi connectivity index (χ0v) is 20.9. The van der Waals surface area contributed by atoms with Gasteiger partial charge in [0.05, 0.1) is 38.4 Å². The van der Waals surface area contributed by atoms with Crippen LogP contribution in [0, 0.1) is 22.7 Å². The SMILES string of the molecule is CC(C)(N)C(=O)O.CC(C)(NCl)C(=O)OCC12CCC(CC1)C2.OCC12CC[C+](CC1)C2. The Bertz CT molecular complexity index is 645. The van der Waals surface area contributed by atoms with Crippen molar-refractivity contribution in [3.05, 3.63) is 5.92 Å². The molecule has 4 fully saturated rings. The van der Waals surface area contributed by atoms with Gasteiger partial charge in [-0.3, -0.25) is 9.59 Å². The van der Waals surface area contributed by atoms with Gasteiger partial charge >= 0.3 is 11.9 Å². The van der Waals surface area contributed by atoms with E-state index in [0.717, 1.165) is 5.92 Å². The largest absolute Gasteiger partial charge is 0.480 e. The lowest BCUT2D eigenvalue weighted by molar-refractivity contribution is -0.153. The molecule has 32 heavy (non-hydrogen) atoms. The molecule has 0 atom stereocenters. The molecular weight excluding hydrogens is 432 g/mol. The van der Waals surface area contributed by atoms with E-state index in [2.05, 4.69) is 4.84 Å². The van der Waals surface area contributed by atoms with Gasteiger partial charge < -0.3 is 20.7 Å². The molecular formula is C24H42ClN2O5+. The molecule has 0 aliphatic heterocycles. The number of hydrogen-bond donors (Lipinski definition) is 4. The lowest BCUT2D eigenvalue weighted by atomic mass is 9.85. The van der Waals surface area contributed by atoms with Crippen molar-refractivity contribution in [3.63, 3.8) is 0 Å². The van der Waals surface area contributed by atoms with Crippen molar-refractivity contribution in [2.75, 3.05) is 13.2 Å². The summed E-state index contributed by atoms with van der Waals surface area (Å²) in [4.78, 5) is 24.1. The number of nitrogens with two attached hydrogens (primary N) is 1. The number of carbonyl (C=O) groups excluding carboxylic acids is 1. The van der Waals surface area contributed by atoms with E-state index in [1.165, 1.54) is 78.1 Å². The number of aliphatic hydroxyl groups is 1. The first-order valence-corrected chi connectivity index (χ1v) is 12.2. The molecule has 0 spiro atoms. The minimum absolute atomic E-state index is 0.257. The highest BCUT2D eigenvalue weighted by molar-refractivity contribution is 6.15. The highest BCUT2D eigenvalue weighted by atomic mass is 35.5. The third-order valence-corrected chi connectivity index (χ3v) is 8.15. The number of hydrogen-bond acceptors (Lipinski definition) is 6. The molecule has 4 bridgehead atoms. The Morgan fingerprint density at radius 1 is 1.12 bits per heavy atom. The number of carboxylic acids is 1. The number of fused-ring (bicyclic) bond motifs is 4. The van der Waals surface area contributed by atoms with Gasteiger partial charge in [-0.15, -0.1) is 0 Å². The Morgan fingerprint density at radius 2 is 1.66 bits per heavy atom. The Hall–Kier alpha value is -1.02. The molecule has 0 aromatic heterocycles. The molecule has 4 rings (SSSR count). The van der Waals surface area contributed by atoms with Gasteiger partial charge in [0.15, 0.2) is 0 Å². The molecule has 0 aromatic carbocycles. The van der Waals surface area contributed by atoms with Crippen LogP contribution in [0.15, 0.2) is 0 Å². The summed E-state index contributed by atoms with van der Waals surface area (Å²) >= 11 is 5.51. The number of esters is 1. The van der Waals surface area contributed by atoms with Gasteiger partial charge in [0, 0.05) is 10.8 Å². The molecule has 0 heterocycles. The lowest BCUT2D eigenvalue weighted by Crippen LogP contribution is -2.44. The maximum Gasteiger partial charge on any atom is 0.326 e. The highest BCUT2D eigenvalue weighted by Gasteiger charge is 2.52. The molecule has 7 nitrogen and oxygen atoms in total. The fraction of sp³-hybridized carbons (Fsp3) is 0.875. The Kier molecular flexibility index (Phi) is 8.93. The first kappa shape index (κ1) is 27.2. The minimum Gasteiger partial charge on any atom is -0.480 e. The molecule has 5 N–H and O–H groups in total. The van der Waals surface area contributed by atoms with E-state index in [-0.39, 0.29) is 5.97 Å². The van der Waals surface area contributed by atoms with E-state index in [1.807, 2.05) is 0 Å². The van der Waals surface area contributed by atoms with Crippen LogP contribution >= 0.6 is 11.8 Å². The number of ether oxygens (including phenoxy) is 1. The summed E-state index contributed by atoms with van der Waals surface area (Å²) < 4.78 is 5.42. The van der Waals surface area contributed by atoms with Gasteiger partial charge in [-0.05, 0) is 90.3 Å². The summed E-state index contributed by atoms with van der Waals surface area (Å²) in [6.45, 7) is 7.34. The molecule has 4 aliphatic rings. The average Bonchev–Trinajstić information content (AvgIpc) is 3.53. The second-order valence-electron chi connectivity index (χ2n) is 11.6. The van der Waals surface area contributed by atoms with Crippen molar-refractivity contribution < 1.29 is 24.5 Å². The fourth-order valence-corrected chi connectivity index (χ4v) is 5.26. The summed E-state index contributed by atoms with van der Waals surface area (Å²) in [5.41, 5.74) is 3.86. The number of aliphatic hydroxyl groups excluding tert-OH is 1. The molecule has 0 amide bonds. The fourth-order valence-electron chi connectivity index (χ4n) is 5.18. The maximum absolute atomic E-state index is 11.8. The van der Waals surface area contributed by atoms with Gasteiger partial charge in [0.2, 0.25) is 0 Å². The van der Waals surface area contributed by atoms with Gasteiger partial charge in [0.25, 0.3) is 0 Å². The minimum atomic E-state index is -1.08. The quantitative estimate of drug-likeness (QED) is 0.261. The molecule has 4 aliphatic carbocycles. The standard InChI is InChI=1S/C12H20ClNO2.C8H13O.C4H9NO2/c1-11(2,14-13)10(15)16-8-12-5-3-9(7-12)4-6-12;9-6-8-3-1-7(5-8)2-4-8;1-4(2,5)3(6)7/h9,14H,3-8H2,1-2H3;9H,1-6H2;5H2,1-2H3,(H,6,7)/q;+1;. The van der Waals surface area contributed by atoms with E-state index < -0.39 is 17.0 Å². The number of carboxylic acid groups (broad SMARTS) is 1. The first-order chi connectivity index (χ1) is 14.8. The molecule has 184 valence electrons. The van der Waals surface area contributed by atoms with Crippen LogP contribution in [0.1, 0.15) is 91.9 Å². The van der Waals surface area contributed by atoms with Crippen LogP contribution in [0.4, 0.5) is 0 Å². The highest BCUT2D eigenvalue weighted by Crippen LogP contribution is 2.55. The second kappa shape index (κ2) is 10.5. The van der Waals surface area contributed by atoms with E-state index in [9.17, 15) is 9.59 Å². The van der Waals surface area contributed by atoms with Crippen LogP contribution in [-0.4, -0.2) is 46.4 Å². The second-order valence-corrected chi connectivity index (χ2v) is 11.7. The number of rotatable bonds is 6. The number of carbonyl (C=O) groups is 2. The molecule has 4 saturated carbocycles. The van der Waals surface area contributed by atoms with Crippen molar-refractivity contribution in [2.45, 2.75) is 103 Å². The monoisotopic (exact) mass is 473 g/mol. The van der Waals surface area contributed by atoms with Crippen molar-refractivity contribution in [1.82, 2.24) is 4.84 Å².